The van der Waals surface area contributed by atoms with Crippen LogP contribution in [0.1, 0.15) is 12.8 Å². The number of amides is 1. The fraction of sp³-hybridized carbons (Fsp3) is 0.318. The SMILES string of the molecule is O=C1CCCN1c1ccc(N2CCN(c3nc(-c4ccccc4)ns3)CC2)cc1. The Morgan fingerprint density at radius 1 is 0.793 bits per heavy atom. The van der Waals surface area contributed by atoms with Gasteiger partial charge in [0.25, 0.3) is 0 Å². The molecule has 148 valence electrons. The second-order valence-electron chi connectivity index (χ2n) is 7.41. The third-order valence-corrected chi connectivity index (χ3v) is 6.37. The predicted molar refractivity (Wildman–Crippen MR) is 118 cm³/mol. The van der Waals surface area contributed by atoms with Gasteiger partial charge in [-0.2, -0.15) is 9.36 Å². The maximum Gasteiger partial charge on any atom is 0.227 e. The Kier molecular flexibility index (Phi) is 4.89. The standard InChI is InChI=1S/C22H23N5OS/c28-20-7-4-12-27(20)19-10-8-18(9-11-19)25-13-15-26(16-14-25)22-23-21(24-29-22)17-5-2-1-3-6-17/h1-3,5-6,8-11H,4,7,12-16H2. The highest BCUT2D eigenvalue weighted by atomic mass is 32.1. The van der Waals surface area contributed by atoms with Gasteiger partial charge in [-0.15, -0.1) is 0 Å². The summed E-state index contributed by atoms with van der Waals surface area (Å²) >= 11 is 1.47. The Bertz CT molecular complexity index is 980. The number of carbonyl (C=O) groups excluding carboxylic acids is 1. The molecule has 2 aliphatic rings. The van der Waals surface area contributed by atoms with Crippen molar-refractivity contribution >= 4 is 33.9 Å². The molecule has 0 N–H and O–H groups in total. The van der Waals surface area contributed by atoms with Crippen LogP contribution in [-0.2, 0) is 4.79 Å². The summed E-state index contributed by atoms with van der Waals surface area (Å²) < 4.78 is 4.54. The van der Waals surface area contributed by atoms with Crippen molar-refractivity contribution < 1.29 is 4.79 Å². The van der Waals surface area contributed by atoms with Crippen LogP contribution in [0.2, 0.25) is 0 Å². The molecule has 0 spiro atoms. The van der Waals surface area contributed by atoms with Crippen molar-refractivity contribution in [3.8, 4) is 11.4 Å². The molecule has 3 aromatic rings. The van der Waals surface area contributed by atoms with Crippen LogP contribution in [-0.4, -0.2) is 48.0 Å². The number of benzene rings is 2. The summed E-state index contributed by atoms with van der Waals surface area (Å²) in [5, 5.41) is 0.992. The molecule has 0 radical (unpaired) electrons. The van der Waals surface area contributed by atoms with Crippen LogP contribution in [0.5, 0.6) is 0 Å². The molecule has 0 bridgehead atoms. The molecule has 0 aliphatic carbocycles. The van der Waals surface area contributed by atoms with Crippen molar-refractivity contribution in [2.24, 2.45) is 0 Å². The van der Waals surface area contributed by atoms with Gasteiger partial charge in [0, 0.05) is 67.6 Å². The van der Waals surface area contributed by atoms with Crippen molar-refractivity contribution in [2.75, 3.05) is 47.4 Å². The molecule has 1 amide bonds. The number of hydrogen-bond donors (Lipinski definition) is 0. The van der Waals surface area contributed by atoms with E-state index in [0.717, 1.165) is 61.4 Å². The molecule has 29 heavy (non-hydrogen) atoms. The molecule has 5 rings (SSSR count). The monoisotopic (exact) mass is 405 g/mol. The van der Waals surface area contributed by atoms with Crippen LogP contribution in [0.15, 0.2) is 54.6 Å². The number of aromatic nitrogens is 2. The van der Waals surface area contributed by atoms with Gasteiger partial charge in [0.2, 0.25) is 11.0 Å². The van der Waals surface area contributed by atoms with Crippen molar-refractivity contribution in [3.63, 3.8) is 0 Å². The average Bonchev–Trinajstić information content (AvgIpc) is 3.44. The van der Waals surface area contributed by atoms with E-state index in [4.69, 9.17) is 4.98 Å². The lowest BCUT2D eigenvalue weighted by Crippen LogP contribution is -2.46. The van der Waals surface area contributed by atoms with Gasteiger partial charge in [-0.3, -0.25) is 4.79 Å². The van der Waals surface area contributed by atoms with E-state index in [2.05, 4.69) is 38.4 Å². The Morgan fingerprint density at radius 2 is 1.48 bits per heavy atom. The average molecular weight is 406 g/mol. The molecule has 0 atom stereocenters. The van der Waals surface area contributed by atoms with E-state index in [1.54, 1.807) is 0 Å². The fourth-order valence-electron chi connectivity index (χ4n) is 3.97. The molecule has 2 aliphatic heterocycles. The molecule has 2 aromatic carbocycles. The molecular weight excluding hydrogens is 382 g/mol. The van der Waals surface area contributed by atoms with Crippen LogP contribution >= 0.6 is 11.5 Å². The van der Waals surface area contributed by atoms with Crippen molar-refractivity contribution in [3.05, 3.63) is 54.6 Å². The highest BCUT2D eigenvalue weighted by Crippen LogP contribution is 2.28. The highest BCUT2D eigenvalue weighted by Gasteiger charge is 2.23. The Morgan fingerprint density at radius 3 is 2.17 bits per heavy atom. The number of rotatable bonds is 4. The summed E-state index contributed by atoms with van der Waals surface area (Å²) in [7, 11) is 0. The topological polar surface area (TPSA) is 52.6 Å². The minimum absolute atomic E-state index is 0.235. The minimum Gasteiger partial charge on any atom is -0.368 e. The molecule has 0 unspecified atom stereocenters. The lowest BCUT2D eigenvalue weighted by Gasteiger charge is -2.36. The zero-order chi connectivity index (χ0) is 19.6. The van der Waals surface area contributed by atoms with E-state index >= 15 is 0 Å². The Hall–Kier alpha value is -2.93. The van der Waals surface area contributed by atoms with Gasteiger partial charge in [0.1, 0.15) is 0 Å². The summed E-state index contributed by atoms with van der Waals surface area (Å²) in [6.45, 7) is 4.58. The Balaban J connectivity index is 1.22. The second-order valence-corrected chi connectivity index (χ2v) is 8.14. The maximum atomic E-state index is 11.9. The number of piperazine rings is 1. The summed E-state index contributed by atoms with van der Waals surface area (Å²) in [5.74, 6) is 1.04. The molecule has 1 aromatic heterocycles. The van der Waals surface area contributed by atoms with Gasteiger partial charge in [-0.25, -0.2) is 0 Å². The van der Waals surface area contributed by atoms with Crippen LogP contribution in [0.4, 0.5) is 16.5 Å². The zero-order valence-corrected chi connectivity index (χ0v) is 17.0. The number of carbonyl (C=O) groups is 1. The fourth-order valence-corrected chi connectivity index (χ4v) is 4.71. The molecular formula is C22H23N5OS. The minimum atomic E-state index is 0.235. The van der Waals surface area contributed by atoms with Crippen molar-refractivity contribution in [2.45, 2.75) is 12.8 Å². The lowest BCUT2D eigenvalue weighted by atomic mass is 10.2. The van der Waals surface area contributed by atoms with E-state index in [0.29, 0.717) is 6.42 Å². The van der Waals surface area contributed by atoms with Gasteiger partial charge >= 0.3 is 0 Å². The van der Waals surface area contributed by atoms with E-state index in [1.807, 2.05) is 35.2 Å². The van der Waals surface area contributed by atoms with Gasteiger partial charge < -0.3 is 14.7 Å². The quantitative estimate of drug-likeness (QED) is 0.663. The summed E-state index contributed by atoms with van der Waals surface area (Å²) in [5.41, 5.74) is 3.28. The predicted octanol–water partition coefficient (Wildman–Crippen LogP) is 3.66. The largest absolute Gasteiger partial charge is 0.368 e. The van der Waals surface area contributed by atoms with Gasteiger partial charge in [0.15, 0.2) is 5.82 Å². The first-order valence-corrected chi connectivity index (χ1v) is 10.8. The van der Waals surface area contributed by atoms with Gasteiger partial charge in [-0.1, -0.05) is 30.3 Å². The van der Waals surface area contributed by atoms with Crippen LogP contribution in [0.3, 0.4) is 0 Å². The molecule has 7 heteroatoms. The maximum absolute atomic E-state index is 11.9. The van der Waals surface area contributed by atoms with E-state index < -0.39 is 0 Å². The number of nitrogens with zero attached hydrogens (tertiary/aromatic N) is 5. The molecule has 2 saturated heterocycles. The van der Waals surface area contributed by atoms with E-state index in [-0.39, 0.29) is 5.91 Å². The lowest BCUT2D eigenvalue weighted by molar-refractivity contribution is -0.117. The normalized spacial score (nSPS) is 17.2. The molecule has 6 nitrogen and oxygen atoms in total. The second kappa shape index (κ2) is 7.83. The van der Waals surface area contributed by atoms with Crippen LogP contribution in [0.25, 0.3) is 11.4 Å². The first-order chi connectivity index (χ1) is 14.3. The number of anilines is 3. The number of hydrogen-bond acceptors (Lipinski definition) is 6. The third-order valence-electron chi connectivity index (χ3n) is 5.60. The molecule has 3 heterocycles. The molecule has 0 saturated carbocycles. The van der Waals surface area contributed by atoms with Crippen molar-refractivity contribution in [1.82, 2.24) is 9.36 Å². The van der Waals surface area contributed by atoms with Crippen LogP contribution in [0, 0.1) is 0 Å². The smallest absolute Gasteiger partial charge is 0.227 e. The Labute approximate surface area is 174 Å². The summed E-state index contributed by atoms with van der Waals surface area (Å²) in [6, 6.07) is 18.5. The van der Waals surface area contributed by atoms with Crippen LogP contribution < -0.4 is 14.7 Å². The molecule has 2 fully saturated rings. The summed E-state index contributed by atoms with van der Waals surface area (Å²) in [6.07, 6.45) is 1.63. The van der Waals surface area contributed by atoms with E-state index in [9.17, 15) is 4.79 Å². The van der Waals surface area contributed by atoms with E-state index in [1.165, 1.54) is 17.2 Å². The zero-order valence-electron chi connectivity index (χ0n) is 16.2. The van der Waals surface area contributed by atoms with Gasteiger partial charge in [-0.05, 0) is 30.7 Å². The highest BCUT2D eigenvalue weighted by molar-refractivity contribution is 7.09. The van der Waals surface area contributed by atoms with Crippen molar-refractivity contribution in [1.29, 1.82) is 0 Å². The first-order valence-electron chi connectivity index (χ1n) is 10.1. The van der Waals surface area contributed by atoms with Gasteiger partial charge in [0.05, 0.1) is 0 Å². The first kappa shape index (κ1) is 18.1. The summed E-state index contributed by atoms with van der Waals surface area (Å²) in [4.78, 5) is 23.3. The third kappa shape index (κ3) is 3.70.